The van der Waals surface area contributed by atoms with E-state index in [1.54, 1.807) is 0 Å². The molecule has 0 aromatic carbocycles. The van der Waals surface area contributed by atoms with Gasteiger partial charge in [-0.15, -0.1) is 0 Å². The minimum atomic E-state index is -1.27. The molecule has 0 saturated heterocycles. The van der Waals surface area contributed by atoms with E-state index in [1.165, 1.54) is 0 Å². The molecular weight excluding hydrogens is 204 g/mol. The second-order valence-electron chi connectivity index (χ2n) is 3.41. The lowest BCUT2D eigenvalue weighted by Gasteiger charge is -2.10. The van der Waals surface area contributed by atoms with Gasteiger partial charge in [0.05, 0.1) is 6.61 Å². The second-order valence-corrected chi connectivity index (χ2v) is 4.98. The quantitative estimate of drug-likeness (QED) is 0.673. The first-order chi connectivity index (χ1) is 6.72. The molecule has 4 nitrogen and oxygen atoms in total. The number of esters is 1. The highest BCUT2D eigenvalue weighted by molar-refractivity contribution is 7.85. The Bertz CT molecular complexity index is 211. The number of carbonyl (C=O) groups excluding carboxylic acids is 1. The topological polar surface area (TPSA) is 63.6 Å². The summed E-state index contributed by atoms with van der Waals surface area (Å²) in [5, 5.41) is 8.49. The first-order valence-electron chi connectivity index (χ1n) is 4.87. The van der Waals surface area contributed by atoms with Gasteiger partial charge in [-0.2, -0.15) is 0 Å². The summed E-state index contributed by atoms with van der Waals surface area (Å²) in [6.45, 7) is -0.149. The Morgan fingerprint density at radius 2 is 2.07 bits per heavy atom. The molecule has 82 valence electrons. The average molecular weight is 220 g/mol. The van der Waals surface area contributed by atoms with Crippen molar-refractivity contribution in [1.29, 1.82) is 0 Å². The van der Waals surface area contributed by atoms with Crippen molar-refractivity contribution in [3.8, 4) is 0 Å². The Balaban J connectivity index is 2.17. The smallest absolute Gasteiger partial charge is 0.318 e. The van der Waals surface area contributed by atoms with Gasteiger partial charge >= 0.3 is 5.97 Å². The number of hydrogen-bond donors (Lipinski definition) is 1. The van der Waals surface area contributed by atoms with E-state index in [2.05, 4.69) is 0 Å². The number of aliphatic hydroxyl groups excluding tert-OH is 1. The van der Waals surface area contributed by atoms with Crippen LogP contribution in [-0.2, 0) is 20.3 Å². The van der Waals surface area contributed by atoms with Crippen LogP contribution < -0.4 is 0 Å². The molecule has 1 fully saturated rings. The van der Waals surface area contributed by atoms with Crippen LogP contribution >= 0.6 is 0 Å². The van der Waals surface area contributed by atoms with Crippen molar-refractivity contribution in [3.05, 3.63) is 0 Å². The summed E-state index contributed by atoms with van der Waals surface area (Å²) >= 11 is 0. The molecule has 14 heavy (non-hydrogen) atoms. The molecule has 1 atom stereocenters. The van der Waals surface area contributed by atoms with Crippen molar-refractivity contribution in [2.75, 3.05) is 18.1 Å². The van der Waals surface area contributed by atoms with Gasteiger partial charge in [-0.25, -0.2) is 0 Å². The number of ether oxygens (including phenoxy) is 1. The largest absolute Gasteiger partial charge is 0.462 e. The monoisotopic (exact) mass is 220 g/mol. The summed E-state index contributed by atoms with van der Waals surface area (Å²) in [6, 6.07) is 0. The zero-order valence-corrected chi connectivity index (χ0v) is 8.92. The van der Waals surface area contributed by atoms with Crippen molar-refractivity contribution in [2.45, 2.75) is 31.8 Å². The normalized spacial score (nSPS) is 19.5. The van der Waals surface area contributed by atoms with Crippen molar-refractivity contribution in [2.24, 2.45) is 0 Å². The highest BCUT2D eigenvalue weighted by atomic mass is 32.2. The molecule has 5 heteroatoms. The summed E-state index contributed by atoms with van der Waals surface area (Å²) in [5.74, 6) is -0.333. The van der Waals surface area contributed by atoms with Gasteiger partial charge in [0.25, 0.3) is 0 Å². The SMILES string of the molecule is O=C(CS(=O)CCO)OC1CCCC1. The van der Waals surface area contributed by atoms with Crippen LogP contribution in [0.3, 0.4) is 0 Å². The lowest BCUT2D eigenvalue weighted by molar-refractivity contribution is -0.145. The van der Waals surface area contributed by atoms with Crippen LogP contribution in [-0.4, -0.2) is 39.5 Å². The molecule has 1 aliphatic carbocycles. The maximum absolute atomic E-state index is 11.2. The highest BCUT2D eigenvalue weighted by Crippen LogP contribution is 2.20. The predicted molar refractivity (Wildman–Crippen MR) is 53.3 cm³/mol. The summed E-state index contributed by atoms with van der Waals surface area (Å²) < 4.78 is 16.2. The van der Waals surface area contributed by atoms with Crippen LogP contribution in [0.4, 0.5) is 0 Å². The van der Waals surface area contributed by atoms with Crippen molar-refractivity contribution < 1.29 is 18.8 Å². The van der Waals surface area contributed by atoms with Crippen LogP contribution in [0.5, 0.6) is 0 Å². The van der Waals surface area contributed by atoms with Crippen LogP contribution in [0.15, 0.2) is 0 Å². The highest BCUT2D eigenvalue weighted by Gasteiger charge is 2.20. The fourth-order valence-electron chi connectivity index (χ4n) is 1.53. The van der Waals surface area contributed by atoms with Gasteiger partial charge in [0.15, 0.2) is 0 Å². The van der Waals surface area contributed by atoms with Gasteiger partial charge in [0.2, 0.25) is 0 Å². The summed E-state index contributed by atoms with van der Waals surface area (Å²) in [5.41, 5.74) is 0. The molecule has 0 amide bonds. The lowest BCUT2D eigenvalue weighted by Crippen LogP contribution is -2.21. The van der Waals surface area contributed by atoms with Gasteiger partial charge in [-0.1, -0.05) is 0 Å². The fourth-order valence-corrected chi connectivity index (χ4v) is 2.21. The zero-order chi connectivity index (χ0) is 10.4. The number of carbonyl (C=O) groups is 1. The molecule has 1 unspecified atom stereocenters. The van der Waals surface area contributed by atoms with Crippen LogP contribution in [0.2, 0.25) is 0 Å². The molecule has 0 heterocycles. The van der Waals surface area contributed by atoms with Crippen molar-refractivity contribution in [1.82, 2.24) is 0 Å². The van der Waals surface area contributed by atoms with E-state index >= 15 is 0 Å². The first-order valence-corrected chi connectivity index (χ1v) is 6.36. The Morgan fingerprint density at radius 1 is 1.43 bits per heavy atom. The van der Waals surface area contributed by atoms with Gasteiger partial charge in [0, 0.05) is 16.6 Å². The minimum absolute atomic E-state index is 0.0358. The van der Waals surface area contributed by atoms with Gasteiger partial charge in [-0.3, -0.25) is 9.00 Å². The molecule has 0 spiro atoms. The van der Waals surface area contributed by atoms with E-state index < -0.39 is 16.8 Å². The maximum Gasteiger partial charge on any atom is 0.318 e. The predicted octanol–water partition coefficient (Wildman–Crippen LogP) is 0.213. The maximum atomic E-state index is 11.2. The van der Waals surface area contributed by atoms with Crippen molar-refractivity contribution >= 4 is 16.8 Å². The Labute approximate surface area is 86.1 Å². The summed E-state index contributed by atoms with van der Waals surface area (Å²) in [7, 11) is -1.27. The summed E-state index contributed by atoms with van der Waals surface area (Å²) in [6.07, 6.45) is 4.11. The molecule has 1 rings (SSSR count). The van der Waals surface area contributed by atoms with E-state index in [1.807, 2.05) is 0 Å². The third-order valence-corrected chi connectivity index (χ3v) is 3.39. The Kier molecular flexibility index (Phi) is 5.11. The van der Waals surface area contributed by atoms with E-state index in [9.17, 15) is 9.00 Å². The Morgan fingerprint density at radius 3 is 2.64 bits per heavy atom. The molecule has 0 aliphatic heterocycles. The molecule has 0 radical (unpaired) electrons. The average Bonchev–Trinajstić information content (AvgIpc) is 2.56. The molecule has 0 aromatic rings. The van der Waals surface area contributed by atoms with Crippen LogP contribution in [0.25, 0.3) is 0 Å². The fraction of sp³-hybridized carbons (Fsp3) is 0.889. The summed E-state index contributed by atoms with van der Waals surface area (Å²) in [4.78, 5) is 11.2. The molecule has 1 N–H and O–H groups in total. The number of rotatable bonds is 5. The minimum Gasteiger partial charge on any atom is -0.462 e. The third kappa shape index (κ3) is 4.19. The van der Waals surface area contributed by atoms with E-state index in [-0.39, 0.29) is 24.2 Å². The molecular formula is C9H16O4S. The number of hydrogen-bond acceptors (Lipinski definition) is 4. The molecule has 1 aliphatic rings. The standard InChI is InChI=1S/C9H16O4S/c10-5-6-14(12)7-9(11)13-8-3-1-2-4-8/h8,10H,1-7H2. The second kappa shape index (κ2) is 6.14. The van der Waals surface area contributed by atoms with Crippen LogP contribution in [0, 0.1) is 0 Å². The van der Waals surface area contributed by atoms with Crippen LogP contribution in [0.1, 0.15) is 25.7 Å². The van der Waals surface area contributed by atoms with Gasteiger partial charge in [0.1, 0.15) is 11.9 Å². The van der Waals surface area contributed by atoms with Gasteiger partial charge in [-0.05, 0) is 25.7 Å². The van der Waals surface area contributed by atoms with Crippen molar-refractivity contribution in [3.63, 3.8) is 0 Å². The molecule has 0 bridgehead atoms. The van der Waals surface area contributed by atoms with E-state index in [0.717, 1.165) is 25.7 Å². The molecule has 1 saturated carbocycles. The lowest BCUT2D eigenvalue weighted by atomic mass is 10.3. The first kappa shape index (κ1) is 11.7. The number of aliphatic hydroxyl groups is 1. The van der Waals surface area contributed by atoms with E-state index in [4.69, 9.17) is 9.84 Å². The Hall–Kier alpha value is -0.420. The van der Waals surface area contributed by atoms with E-state index in [0.29, 0.717) is 0 Å². The zero-order valence-electron chi connectivity index (χ0n) is 8.11. The third-order valence-electron chi connectivity index (χ3n) is 2.20. The molecule has 0 aromatic heterocycles. The van der Waals surface area contributed by atoms with Gasteiger partial charge < -0.3 is 9.84 Å².